The van der Waals surface area contributed by atoms with Crippen molar-refractivity contribution < 1.29 is 9.53 Å². The predicted molar refractivity (Wildman–Crippen MR) is 67.2 cm³/mol. The number of hydrogen-bond acceptors (Lipinski definition) is 2. The van der Waals surface area contributed by atoms with Crippen LogP contribution in [0.3, 0.4) is 0 Å². The van der Waals surface area contributed by atoms with Crippen molar-refractivity contribution in [3.8, 4) is 5.75 Å². The highest BCUT2D eigenvalue weighted by Crippen LogP contribution is 2.20. The Hall–Kier alpha value is -1.51. The van der Waals surface area contributed by atoms with Crippen LogP contribution < -0.4 is 10.1 Å². The van der Waals surface area contributed by atoms with Crippen molar-refractivity contribution in [1.82, 2.24) is 5.32 Å². The second kappa shape index (κ2) is 5.21. The van der Waals surface area contributed by atoms with Gasteiger partial charge in [0, 0.05) is 6.54 Å². The van der Waals surface area contributed by atoms with Gasteiger partial charge in [-0.3, -0.25) is 4.79 Å². The molecule has 1 heterocycles. The largest absolute Gasteiger partial charge is 0.481 e. The summed E-state index contributed by atoms with van der Waals surface area (Å²) in [6.07, 6.45) is 2.55. The highest BCUT2D eigenvalue weighted by Gasteiger charge is 2.22. The molecule has 3 heteroatoms. The first-order valence-electron chi connectivity index (χ1n) is 6.18. The Labute approximate surface area is 102 Å². The van der Waals surface area contributed by atoms with E-state index in [1.165, 1.54) is 0 Å². The fraction of sp³-hybridized carbons (Fsp3) is 0.500. The van der Waals surface area contributed by atoms with Gasteiger partial charge in [-0.2, -0.15) is 0 Å². The lowest BCUT2D eigenvalue weighted by Gasteiger charge is -2.16. The zero-order valence-corrected chi connectivity index (χ0v) is 10.5. The third kappa shape index (κ3) is 3.22. The maximum absolute atomic E-state index is 11.8. The van der Waals surface area contributed by atoms with E-state index in [0.717, 1.165) is 42.7 Å². The van der Waals surface area contributed by atoms with Crippen LogP contribution in [-0.4, -0.2) is 18.6 Å². The molecule has 1 atom stereocenters. The Kier molecular flexibility index (Phi) is 3.67. The van der Waals surface area contributed by atoms with Crippen molar-refractivity contribution in [3.05, 3.63) is 29.3 Å². The molecule has 0 saturated carbocycles. The minimum Gasteiger partial charge on any atom is -0.481 e. The van der Waals surface area contributed by atoms with Crippen LogP contribution in [0.1, 0.15) is 30.4 Å². The fourth-order valence-electron chi connectivity index (χ4n) is 2.19. The zero-order chi connectivity index (χ0) is 12.3. The van der Waals surface area contributed by atoms with E-state index in [2.05, 4.69) is 11.4 Å². The van der Waals surface area contributed by atoms with Crippen molar-refractivity contribution in [2.45, 2.75) is 39.2 Å². The third-order valence-electron chi connectivity index (χ3n) is 2.96. The van der Waals surface area contributed by atoms with Gasteiger partial charge in [-0.05, 0) is 56.4 Å². The highest BCUT2D eigenvalue weighted by molar-refractivity contribution is 5.81. The minimum atomic E-state index is -0.335. The average Bonchev–Trinajstić information content (AvgIpc) is 2.43. The van der Waals surface area contributed by atoms with E-state index in [1.807, 2.05) is 26.0 Å². The molecule has 1 amide bonds. The average molecular weight is 233 g/mol. The minimum absolute atomic E-state index is 0.0154. The molecule has 0 radical (unpaired) electrons. The third-order valence-corrected chi connectivity index (χ3v) is 2.96. The van der Waals surface area contributed by atoms with Crippen LogP contribution in [0.5, 0.6) is 5.75 Å². The summed E-state index contributed by atoms with van der Waals surface area (Å²) in [5, 5.41) is 2.88. The summed E-state index contributed by atoms with van der Waals surface area (Å²) in [7, 11) is 0. The standard InChI is InChI=1S/C14H19NO2/c1-10-7-11(2)9-12(8-10)17-13-5-3-4-6-15-14(13)16/h7-9,13H,3-6H2,1-2H3,(H,15,16). The number of hydrogen-bond donors (Lipinski definition) is 1. The number of benzene rings is 1. The second-order valence-corrected chi connectivity index (χ2v) is 4.72. The van der Waals surface area contributed by atoms with E-state index < -0.39 is 0 Å². The smallest absolute Gasteiger partial charge is 0.261 e. The van der Waals surface area contributed by atoms with Gasteiger partial charge in [-0.15, -0.1) is 0 Å². The second-order valence-electron chi connectivity index (χ2n) is 4.72. The fourth-order valence-corrected chi connectivity index (χ4v) is 2.19. The van der Waals surface area contributed by atoms with Crippen LogP contribution in [-0.2, 0) is 4.79 Å². The maximum atomic E-state index is 11.8. The van der Waals surface area contributed by atoms with Crippen molar-refractivity contribution in [2.75, 3.05) is 6.54 Å². The molecular formula is C14H19NO2. The lowest BCUT2D eigenvalue weighted by molar-refractivity contribution is -0.127. The van der Waals surface area contributed by atoms with Crippen LogP contribution in [0.4, 0.5) is 0 Å². The number of ether oxygens (including phenoxy) is 1. The maximum Gasteiger partial charge on any atom is 0.261 e. The van der Waals surface area contributed by atoms with E-state index in [9.17, 15) is 4.79 Å². The summed E-state index contributed by atoms with van der Waals surface area (Å²) in [5.41, 5.74) is 2.32. The van der Waals surface area contributed by atoms with Crippen molar-refractivity contribution >= 4 is 5.91 Å². The predicted octanol–water partition coefficient (Wildman–Crippen LogP) is 2.35. The van der Waals surface area contributed by atoms with Gasteiger partial charge in [0.05, 0.1) is 0 Å². The molecule has 1 aliphatic heterocycles. The molecule has 0 aliphatic carbocycles. The molecule has 0 spiro atoms. The number of carbonyl (C=O) groups excluding carboxylic acids is 1. The lowest BCUT2D eigenvalue weighted by Crippen LogP contribution is -2.36. The molecule has 1 aliphatic rings. The number of amides is 1. The van der Waals surface area contributed by atoms with E-state index in [0.29, 0.717) is 0 Å². The van der Waals surface area contributed by atoms with Crippen molar-refractivity contribution in [1.29, 1.82) is 0 Å². The van der Waals surface area contributed by atoms with Gasteiger partial charge in [-0.25, -0.2) is 0 Å². The van der Waals surface area contributed by atoms with Crippen molar-refractivity contribution in [2.24, 2.45) is 0 Å². The molecule has 1 saturated heterocycles. The molecule has 0 bridgehead atoms. The lowest BCUT2D eigenvalue weighted by atomic mass is 10.1. The number of rotatable bonds is 2. The summed E-state index contributed by atoms with van der Waals surface area (Å²) >= 11 is 0. The molecule has 1 unspecified atom stereocenters. The molecule has 0 aromatic heterocycles. The summed E-state index contributed by atoms with van der Waals surface area (Å²) in [5.74, 6) is 0.811. The van der Waals surface area contributed by atoms with Crippen LogP contribution >= 0.6 is 0 Å². The monoisotopic (exact) mass is 233 g/mol. The first-order valence-corrected chi connectivity index (χ1v) is 6.18. The number of carbonyl (C=O) groups is 1. The van der Waals surface area contributed by atoms with Gasteiger partial charge >= 0.3 is 0 Å². The first kappa shape index (κ1) is 12.0. The van der Waals surface area contributed by atoms with Crippen LogP contribution in [0.25, 0.3) is 0 Å². The van der Waals surface area contributed by atoms with Crippen molar-refractivity contribution in [3.63, 3.8) is 0 Å². The topological polar surface area (TPSA) is 38.3 Å². The van der Waals surface area contributed by atoms with E-state index >= 15 is 0 Å². The summed E-state index contributed by atoms with van der Waals surface area (Å²) in [6.45, 7) is 4.84. The quantitative estimate of drug-likeness (QED) is 0.851. The zero-order valence-electron chi connectivity index (χ0n) is 10.5. The van der Waals surface area contributed by atoms with Crippen LogP contribution in [0.15, 0.2) is 18.2 Å². The Morgan fingerprint density at radius 3 is 2.59 bits per heavy atom. The molecule has 1 aromatic carbocycles. The molecule has 1 aromatic rings. The highest BCUT2D eigenvalue weighted by atomic mass is 16.5. The van der Waals surface area contributed by atoms with Gasteiger partial charge in [0.1, 0.15) is 5.75 Å². The molecule has 1 fully saturated rings. The van der Waals surface area contributed by atoms with Gasteiger partial charge in [-0.1, -0.05) is 6.07 Å². The Balaban J connectivity index is 2.10. The number of nitrogens with one attached hydrogen (secondary N) is 1. The van der Waals surface area contributed by atoms with Gasteiger partial charge < -0.3 is 10.1 Å². The van der Waals surface area contributed by atoms with E-state index in [4.69, 9.17) is 4.74 Å². The van der Waals surface area contributed by atoms with Crippen LogP contribution in [0, 0.1) is 13.8 Å². The first-order chi connectivity index (χ1) is 8.15. The molecular weight excluding hydrogens is 214 g/mol. The Morgan fingerprint density at radius 2 is 1.88 bits per heavy atom. The van der Waals surface area contributed by atoms with E-state index in [-0.39, 0.29) is 12.0 Å². The molecule has 92 valence electrons. The summed E-state index contributed by atoms with van der Waals surface area (Å²) in [4.78, 5) is 11.8. The van der Waals surface area contributed by atoms with Gasteiger partial charge in [0.2, 0.25) is 0 Å². The normalized spacial score (nSPS) is 20.6. The summed E-state index contributed by atoms with van der Waals surface area (Å²) in [6, 6.07) is 6.05. The van der Waals surface area contributed by atoms with Gasteiger partial charge in [0.15, 0.2) is 6.10 Å². The SMILES string of the molecule is Cc1cc(C)cc(OC2CCCCNC2=O)c1. The molecule has 3 nitrogen and oxygen atoms in total. The Bertz CT molecular complexity index is 394. The Morgan fingerprint density at radius 1 is 1.18 bits per heavy atom. The van der Waals surface area contributed by atoms with E-state index in [1.54, 1.807) is 0 Å². The van der Waals surface area contributed by atoms with Gasteiger partial charge in [0.25, 0.3) is 5.91 Å². The van der Waals surface area contributed by atoms with Crippen LogP contribution in [0.2, 0.25) is 0 Å². The molecule has 17 heavy (non-hydrogen) atoms. The number of aryl methyl sites for hydroxylation is 2. The summed E-state index contributed by atoms with van der Waals surface area (Å²) < 4.78 is 5.80. The molecule has 1 N–H and O–H groups in total. The molecule has 2 rings (SSSR count).